The van der Waals surface area contributed by atoms with Gasteiger partial charge in [0, 0.05) is 49.6 Å². The maximum Gasteiger partial charge on any atom is 0.0468 e. The van der Waals surface area contributed by atoms with E-state index in [1.807, 2.05) is 23.7 Å². The molecule has 2 aromatic heterocycles. The van der Waals surface area contributed by atoms with Crippen LogP contribution in [0.2, 0.25) is 0 Å². The summed E-state index contributed by atoms with van der Waals surface area (Å²) in [6.45, 7) is 0. The molecule has 2 heterocycles. The Hall–Kier alpha value is -6.03. The average Bonchev–Trinajstić information content (AvgIpc) is 3.56. The molecular weight excluding hydrogens is 625 g/mol. The molecule has 0 bridgehead atoms. The Balaban J connectivity index is 1.08. The van der Waals surface area contributed by atoms with Crippen LogP contribution in [0.25, 0.3) is 70.0 Å². The second-order valence-electron chi connectivity index (χ2n) is 13.1. The van der Waals surface area contributed by atoms with Crippen LogP contribution in [0.4, 0.5) is 17.1 Å². The van der Waals surface area contributed by atoms with Crippen LogP contribution in [-0.4, -0.2) is 4.98 Å². The summed E-state index contributed by atoms with van der Waals surface area (Å²) in [7, 11) is 0. The van der Waals surface area contributed by atoms with E-state index in [2.05, 4.69) is 168 Å². The Kier molecular flexibility index (Phi) is 6.85. The minimum absolute atomic E-state index is 1.11. The van der Waals surface area contributed by atoms with E-state index in [1.54, 1.807) is 0 Å². The van der Waals surface area contributed by atoms with Crippen molar-refractivity contribution in [3.05, 3.63) is 175 Å². The largest absolute Gasteiger partial charge is 0.310 e. The van der Waals surface area contributed by atoms with Crippen molar-refractivity contribution in [1.29, 1.82) is 0 Å². The molecule has 0 unspecified atom stereocenters. The molecule has 236 valence electrons. The number of aromatic nitrogens is 1. The molecule has 9 aromatic rings. The third kappa shape index (κ3) is 4.89. The van der Waals surface area contributed by atoms with Gasteiger partial charge in [-0.15, -0.1) is 11.3 Å². The van der Waals surface area contributed by atoms with Crippen molar-refractivity contribution in [1.82, 2.24) is 4.98 Å². The van der Waals surface area contributed by atoms with Crippen LogP contribution in [0.15, 0.2) is 164 Å². The smallest absolute Gasteiger partial charge is 0.0468 e. The number of thiophene rings is 1. The first-order chi connectivity index (χ1) is 24.8. The van der Waals surface area contributed by atoms with Gasteiger partial charge in [-0.25, -0.2) is 0 Å². The van der Waals surface area contributed by atoms with Crippen LogP contribution in [0.5, 0.6) is 0 Å². The lowest BCUT2D eigenvalue weighted by molar-refractivity contribution is 0.990. The van der Waals surface area contributed by atoms with Crippen molar-refractivity contribution < 1.29 is 0 Å². The second-order valence-corrected chi connectivity index (χ2v) is 14.2. The van der Waals surface area contributed by atoms with E-state index < -0.39 is 0 Å². The molecule has 3 heteroatoms. The van der Waals surface area contributed by atoms with Crippen LogP contribution >= 0.6 is 11.3 Å². The van der Waals surface area contributed by atoms with Crippen LogP contribution in [-0.2, 0) is 6.42 Å². The summed E-state index contributed by atoms with van der Waals surface area (Å²) in [5.41, 5.74) is 11.0. The maximum absolute atomic E-state index is 4.45. The number of benzene rings is 7. The Morgan fingerprint density at radius 2 is 1.18 bits per heavy atom. The quantitative estimate of drug-likeness (QED) is 0.171. The van der Waals surface area contributed by atoms with Crippen LogP contribution in [0, 0.1) is 0 Å². The fourth-order valence-corrected chi connectivity index (χ4v) is 8.73. The summed E-state index contributed by atoms with van der Waals surface area (Å²) in [4.78, 5) is 6.81. The first kappa shape index (κ1) is 28.9. The third-order valence-electron chi connectivity index (χ3n) is 10.2. The lowest BCUT2D eigenvalue weighted by Crippen LogP contribution is -2.09. The highest BCUT2D eigenvalue weighted by molar-refractivity contribution is 7.25. The molecule has 0 atom stereocenters. The molecule has 50 heavy (non-hydrogen) atoms. The van der Waals surface area contributed by atoms with E-state index >= 15 is 0 Å². The lowest BCUT2D eigenvalue weighted by Gasteiger charge is -2.26. The minimum atomic E-state index is 1.11. The SMILES string of the molecule is C1=Cc2c(ccc3ccc4ccc(-c5ccc(N(c6ccc(-c7ccccc7)cc6)c6ccc7sc8ccncc8c7c6)cc5)cc4c23)CC1. The Bertz CT molecular complexity index is 2740. The molecule has 0 fully saturated rings. The van der Waals surface area contributed by atoms with Gasteiger partial charge in [0.15, 0.2) is 0 Å². The van der Waals surface area contributed by atoms with Gasteiger partial charge in [0.05, 0.1) is 0 Å². The molecule has 0 N–H and O–H groups in total. The van der Waals surface area contributed by atoms with E-state index in [-0.39, 0.29) is 0 Å². The van der Waals surface area contributed by atoms with Crippen molar-refractivity contribution in [2.75, 3.05) is 4.90 Å². The zero-order chi connectivity index (χ0) is 33.0. The Morgan fingerprint density at radius 3 is 2.00 bits per heavy atom. The fourth-order valence-electron chi connectivity index (χ4n) is 7.68. The predicted octanol–water partition coefficient (Wildman–Crippen LogP) is 13.5. The fraction of sp³-hybridized carbons (Fsp3) is 0.0426. The van der Waals surface area contributed by atoms with Gasteiger partial charge in [-0.1, -0.05) is 103 Å². The zero-order valence-corrected chi connectivity index (χ0v) is 28.2. The molecule has 2 nitrogen and oxygen atoms in total. The molecule has 0 saturated carbocycles. The monoisotopic (exact) mass is 656 g/mol. The molecule has 1 aliphatic carbocycles. The number of aryl methyl sites for hydroxylation is 1. The van der Waals surface area contributed by atoms with Gasteiger partial charge in [-0.05, 0) is 122 Å². The van der Waals surface area contributed by atoms with E-state index in [0.29, 0.717) is 0 Å². The van der Waals surface area contributed by atoms with Crippen molar-refractivity contribution in [3.63, 3.8) is 0 Å². The summed E-state index contributed by atoms with van der Waals surface area (Å²) < 4.78 is 2.53. The number of fused-ring (bicyclic) bond motifs is 8. The van der Waals surface area contributed by atoms with Gasteiger partial charge in [-0.3, -0.25) is 4.98 Å². The first-order valence-electron chi connectivity index (χ1n) is 17.2. The lowest BCUT2D eigenvalue weighted by atomic mass is 9.88. The van der Waals surface area contributed by atoms with Gasteiger partial charge in [-0.2, -0.15) is 0 Å². The highest BCUT2D eigenvalue weighted by Gasteiger charge is 2.17. The van der Waals surface area contributed by atoms with Gasteiger partial charge in [0.2, 0.25) is 0 Å². The Morgan fingerprint density at radius 1 is 0.520 bits per heavy atom. The average molecular weight is 657 g/mol. The standard InChI is InChI=1S/C47H32N2S/c1-2-6-31(7-3-1)32-16-20-38(21-17-32)49(40-24-25-45-43(29-40)44-30-48-27-26-46(44)50-45)39-22-18-33(19-23-39)37-15-12-35-11-14-36-13-10-34-8-4-5-9-41(34)47(36)42(35)28-37/h1-3,5-7,9-30H,4,8H2. The van der Waals surface area contributed by atoms with E-state index in [1.165, 1.54) is 75.1 Å². The zero-order valence-electron chi connectivity index (χ0n) is 27.4. The third-order valence-corrected chi connectivity index (χ3v) is 11.4. The summed E-state index contributed by atoms with van der Waals surface area (Å²) in [5.74, 6) is 0. The van der Waals surface area contributed by atoms with Gasteiger partial charge < -0.3 is 4.90 Å². The number of pyridine rings is 1. The van der Waals surface area contributed by atoms with Crippen molar-refractivity contribution in [3.8, 4) is 22.3 Å². The molecule has 0 radical (unpaired) electrons. The summed E-state index contributed by atoms with van der Waals surface area (Å²) in [6, 6.07) is 53.5. The molecular formula is C47H32N2S. The molecule has 0 spiro atoms. The van der Waals surface area contributed by atoms with E-state index in [0.717, 1.165) is 29.9 Å². The molecule has 0 aliphatic heterocycles. The van der Waals surface area contributed by atoms with Crippen molar-refractivity contribution in [2.24, 2.45) is 0 Å². The number of hydrogen-bond acceptors (Lipinski definition) is 3. The molecule has 7 aromatic carbocycles. The van der Waals surface area contributed by atoms with Gasteiger partial charge >= 0.3 is 0 Å². The maximum atomic E-state index is 4.45. The summed E-state index contributed by atoms with van der Waals surface area (Å²) in [5, 5.41) is 7.70. The van der Waals surface area contributed by atoms with Crippen molar-refractivity contribution >= 4 is 76.2 Å². The highest BCUT2D eigenvalue weighted by atomic mass is 32.1. The topological polar surface area (TPSA) is 16.1 Å². The second kappa shape index (κ2) is 11.8. The first-order valence-corrected chi connectivity index (χ1v) is 18.1. The number of nitrogens with zero attached hydrogens (tertiary/aromatic N) is 2. The van der Waals surface area contributed by atoms with Gasteiger partial charge in [0.25, 0.3) is 0 Å². The summed E-state index contributed by atoms with van der Waals surface area (Å²) >= 11 is 1.82. The Labute approximate surface area is 295 Å². The summed E-state index contributed by atoms with van der Waals surface area (Å²) in [6.07, 6.45) is 10.7. The predicted molar refractivity (Wildman–Crippen MR) is 215 cm³/mol. The van der Waals surface area contributed by atoms with Crippen LogP contribution in [0.1, 0.15) is 17.5 Å². The van der Waals surface area contributed by atoms with Crippen LogP contribution < -0.4 is 4.90 Å². The molecule has 0 saturated heterocycles. The van der Waals surface area contributed by atoms with Gasteiger partial charge in [0.1, 0.15) is 0 Å². The van der Waals surface area contributed by atoms with Crippen LogP contribution in [0.3, 0.4) is 0 Å². The number of rotatable bonds is 5. The number of allylic oxidation sites excluding steroid dienone is 1. The van der Waals surface area contributed by atoms with Crippen molar-refractivity contribution in [2.45, 2.75) is 12.8 Å². The molecule has 0 amide bonds. The normalized spacial score (nSPS) is 12.6. The minimum Gasteiger partial charge on any atom is -0.310 e. The number of hydrogen-bond donors (Lipinski definition) is 0. The van der Waals surface area contributed by atoms with E-state index in [9.17, 15) is 0 Å². The molecule has 10 rings (SSSR count). The number of anilines is 3. The van der Waals surface area contributed by atoms with E-state index in [4.69, 9.17) is 0 Å². The highest BCUT2D eigenvalue weighted by Crippen LogP contribution is 2.42. The molecule has 1 aliphatic rings.